The van der Waals surface area contributed by atoms with Crippen LogP contribution in [0.25, 0.3) is 0 Å². The average Bonchev–Trinajstić information content (AvgIpc) is 3.19. The van der Waals surface area contributed by atoms with E-state index in [-0.39, 0.29) is 56.2 Å². The van der Waals surface area contributed by atoms with Crippen molar-refractivity contribution in [3.63, 3.8) is 0 Å². The van der Waals surface area contributed by atoms with E-state index in [9.17, 15) is 40.7 Å². The summed E-state index contributed by atoms with van der Waals surface area (Å²) < 4.78 is 77.7. The summed E-state index contributed by atoms with van der Waals surface area (Å²) in [5, 5.41) is 7.97. The summed E-state index contributed by atoms with van der Waals surface area (Å²) >= 11 is 0. The third kappa shape index (κ3) is 5.26. The first-order chi connectivity index (χ1) is 16.8. The van der Waals surface area contributed by atoms with Crippen LogP contribution in [0.1, 0.15) is 41.3 Å². The third-order valence-corrected chi connectivity index (χ3v) is 5.94. The van der Waals surface area contributed by atoms with Gasteiger partial charge < -0.3 is 15.1 Å². The van der Waals surface area contributed by atoms with Crippen LogP contribution in [0.5, 0.6) is 0 Å². The van der Waals surface area contributed by atoms with E-state index in [1.807, 2.05) is 5.10 Å². The summed E-state index contributed by atoms with van der Waals surface area (Å²) in [6.07, 6.45) is -8.65. The Morgan fingerprint density at radius 1 is 1.03 bits per heavy atom. The summed E-state index contributed by atoms with van der Waals surface area (Å²) in [7, 11) is 0. The monoisotopic (exact) mass is 519 g/mol. The molecule has 0 spiro atoms. The van der Waals surface area contributed by atoms with Crippen LogP contribution in [0.4, 0.5) is 32.3 Å². The molecular weight excluding hydrogens is 500 g/mol. The summed E-state index contributed by atoms with van der Waals surface area (Å²) in [5.41, 5.74) is -4.04. The van der Waals surface area contributed by atoms with Gasteiger partial charge >= 0.3 is 12.4 Å². The number of anilines is 1. The van der Waals surface area contributed by atoms with E-state index in [0.717, 1.165) is 0 Å². The molecule has 10 nitrogen and oxygen atoms in total. The Kier molecular flexibility index (Phi) is 6.62. The highest BCUT2D eigenvalue weighted by atomic mass is 19.4. The van der Waals surface area contributed by atoms with Crippen molar-refractivity contribution in [2.24, 2.45) is 0 Å². The van der Waals surface area contributed by atoms with E-state index in [1.165, 1.54) is 4.90 Å². The number of rotatable bonds is 4. The number of H-pyrrole nitrogens is 1. The minimum absolute atomic E-state index is 0.0801. The normalized spacial score (nSPS) is 18.2. The first-order valence-electron chi connectivity index (χ1n) is 10.7. The van der Waals surface area contributed by atoms with Gasteiger partial charge in [0.25, 0.3) is 5.56 Å². The molecule has 1 aliphatic heterocycles. The number of nitrogens with one attached hydrogen (secondary N) is 2. The van der Waals surface area contributed by atoms with Gasteiger partial charge in [0, 0.05) is 38.6 Å². The molecule has 1 saturated heterocycles. The lowest BCUT2D eigenvalue weighted by Crippen LogP contribution is -2.50. The number of aromatic amines is 1. The fourth-order valence-electron chi connectivity index (χ4n) is 4.19. The van der Waals surface area contributed by atoms with Gasteiger partial charge in [-0.25, -0.2) is 15.1 Å². The number of carbonyl (C=O) groups is 2. The van der Waals surface area contributed by atoms with Crippen LogP contribution in [0.2, 0.25) is 0 Å². The molecule has 0 radical (unpaired) electrons. The van der Waals surface area contributed by atoms with Gasteiger partial charge in [0.1, 0.15) is 12.0 Å². The van der Waals surface area contributed by atoms with Crippen molar-refractivity contribution in [2.45, 2.75) is 37.7 Å². The van der Waals surface area contributed by atoms with E-state index in [4.69, 9.17) is 0 Å². The molecule has 0 aromatic carbocycles. The Hall–Kier alpha value is -3.72. The molecule has 0 unspecified atom stereocenters. The van der Waals surface area contributed by atoms with Crippen LogP contribution >= 0.6 is 0 Å². The summed E-state index contributed by atoms with van der Waals surface area (Å²) in [4.78, 5) is 47.0. The number of amides is 2. The summed E-state index contributed by atoms with van der Waals surface area (Å²) in [5.74, 6) is -1.16. The third-order valence-electron chi connectivity index (χ3n) is 5.94. The van der Waals surface area contributed by atoms with E-state index >= 15 is 0 Å². The van der Waals surface area contributed by atoms with Crippen molar-refractivity contribution >= 4 is 17.8 Å². The number of fused-ring (bicyclic) bond motifs is 1. The van der Waals surface area contributed by atoms with Gasteiger partial charge in [0.05, 0.1) is 17.3 Å². The molecule has 0 bridgehead atoms. The number of carbonyl (C=O) groups excluding carboxylic acids is 2. The maximum atomic E-state index is 13.2. The number of aromatic nitrogens is 4. The lowest BCUT2D eigenvalue weighted by atomic mass is 10.1. The highest BCUT2D eigenvalue weighted by Crippen LogP contribution is 2.37. The first kappa shape index (κ1) is 25.4. The standard InChI is InChI=1S/C20H19F6N7O3/c21-19(22,23)10-8-27-18(28-9-10)33-5-3-32(4-6-33)14(35)7-13(34)29-12-2-1-11-15(20(24,25)26)17(36)31-30-16(11)12/h8-9,12H,1-7H2,(H,29,34)(H,31,36)/t12-/m1/s1. The minimum Gasteiger partial charge on any atom is -0.347 e. The van der Waals surface area contributed by atoms with Crippen LogP contribution in [0.15, 0.2) is 17.2 Å². The number of hydrogen-bond donors (Lipinski definition) is 2. The minimum atomic E-state index is -4.87. The quantitative estimate of drug-likeness (QED) is 0.463. The first-order valence-corrected chi connectivity index (χ1v) is 10.7. The van der Waals surface area contributed by atoms with Crippen molar-refractivity contribution in [2.75, 3.05) is 31.1 Å². The van der Waals surface area contributed by atoms with Gasteiger partial charge in [-0.05, 0) is 18.4 Å². The molecule has 1 aliphatic carbocycles. The zero-order valence-electron chi connectivity index (χ0n) is 18.4. The molecule has 0 saturated carbocycles. The molecule has 194 valence electrons. The molecule has 2 aromatic rings. The Morgan fingerprint density at radius 3 is 2.25 bits per heavy atom. The van der Waals surface area contributed by atoms with E-state index < -0.39 is 53.3 Å². The second-order valence-corrected chi connectivity index (χ2v) is 8.26. The maximum Gasteiger partial charge on any atom is 0.422 e. The van der Waals surface area contributed by atoms with Crippen LogP contribution < -0.4 is 15.8 Å². The van der Waals surface area contributed by atoms with Crippen molar-refractivity contribution in [1.29, 1.82) is 0 Å². The lowest BCUT2D eigenvalue weighted by molar-refractivity contribution is -0.139. The van der Waals surface area contributed by atoms with Gasteiger partial charge in [-0.1, -0.05) is 0 Å². The Balaban J connectivity index is 1.31. The van der Waals surface area contributed by atoms with E-state index in [2.05, 4.69) is 20.4 Å². The van der Waals surface area contributed by atoms with E-state index in [1.54, 1.807) is 4.90 Å². The second-order valence-electron chi connectivity index (χ2n) is 8.26. The lowest BCUT2D eigenvalue weighted by Gasteiger charge is -2.34. The Labute approximate surface area is 198 Å². The molecule has 4 rings (SSSR count). The largest absolute Gasteiger partial charge is 0.422 e. The SMILES string of the molecule is O=C(CC(=O)N1CCN(c2ncc(C(F)(F)F)cn2)CC1)N[C@@H]1CCc2c1n[nH]c(=O)c2C(F)(F)F. The smallest absolute Gasteiger partial charge is 0.347 e. The Morgan fingerprint density at radius 2 is 1.67 bits per heavy atom. The molecule has 3 heterocycles. The highest BCUT2D eigenvalue weighted by Gasteiger charge is 2.41. The topological polar surface area (TPSA) is 124 Å². The molecule has 1 fully saturated rings. The van der Waals surface area contributed by atoms with Gasteiger partial charge in [-0.2, -0.15) is 31.4 Å². The molecule has 2 amide bonds. The van der Waals surface area contributed by atoms with Gasteiger partial charge in [0.2, 0.25) is 17.8 Å². The van der Waals surface area contributed by atoms with Crippen LogP contribution in [0, 0.1) is 0 Å². The maximum absolute atomic E-state index is 13.2. The highest BCUT2D eigenvalue weighted by molar-refractivity contribution is 5.97. The van der Waals surface area contributed by atoms with Gasteiger partial charge in [-0.3, -0.25) is 14.4 Å². The van der Waals surface area contributed by atoms with Crippen LogP contribution in [-0.2, 0) is 28.4 Å². The van der Waals surface area contributed by atoms with Crippen molar-refractivity contribution in [1.82, 2.24) is 30.4 Å². The summed E-state index contributed by atoms with van der Waals surface area (Å²) in [6, 6.07) is -0.882. The fourth-order valence-corrected chi connectivity index (χ4v) is 4.19. The molecule has 16 heteroatoms. The van der Waals surface area contributed by atoms with Crippen molar-refractivity contribution < 1.29 is 35.9 Å². The number of halogens is 6. The molecular formula is C20H19F6N7O3. The van der Waals surface area contributed by atoms with Crippen molar-refractivity contribution in [3.05, 3.63) is 45.1 Å². The van der Waals surface area contributed by atoms with Gasteiger partial charge in [0.15, 0.2) is 0 Å². The molecule has 1 atom stereocenters. The second kappa shape index (κ2) is 9.39. The van der Waals surface area contributed by atoms with Gasteiger partial charge in [-0.15, -0.1) is 0 Å². The molecule has 2 N–H and O–H groups in total. The predicted molar refractivity (Wildman–Crippen MR) is 110 cm³/mol. The molecule has 2 aromatic heterocycles. The van der Waals surface area contributed by atoms with Crippen LogP contribution in [-0.4, -0.2) is 63.1 Å². The zero-order valence-corrected chi connectivity index (χ0v) is 18.4. The van der Waals surface area contributed by atoms with Crippen LogP contribution in [0.3, 0.4) is 0 Å². The number of alkyl halides is 6. The molecule has 2 aliphatic rings. The number of piperazine rings is 1. The summed E-state index contributed by atoms with van der Waals surface area (Å²) in [6.45, 7) is 0.791. The number of nitrogens with zero attached hydrogens (tertiary/aromatic N) is 5. The zero-order chi connectivity index (χ0) is 26.3. The number of hydrogen-bond acceptors (Lipinski definition) is 7. The molecule has 36 heavy (non-hydrogen) atoms. The Bertz CT molecular complexity index is 1200. The predicted octanol–water partition coefficient (Wildman–Crippen LogP) is 1.44. The fraction of sp³-hybridized carbons (Fsp3) is 0.500. The van der Waals surface area contributed by atoms with E-state index in [0.29, 0.717) is 12.4 Å². The average molecular weight is 519 g/mol. The van der Waals surface area contributed by atoms with Crippen molar-refractivity contribution in [3.8, 4) is 0 Å².